The Morgan fingerprint density at radius 2 is 2.33 bits per heavy atom. The second-order valence-corrected chi connectivity index (χ2v) is 3.42. The summed E-state index contributed by atoms with van der Waals surface area (Å²) < 4.78 is 9.61. The topological polar surface area (TPSA) is 61.3 Å². The highest BCUT2D eigenvalue weighted by molar-refractivity contribution is 5.70. The number of rotatable bonds is 4. The monoisotopic (exact) mass is 208 g/mol. The Balaban J connectivity index is 1.95. The van der Waals surface area contributed by atoms with Crippen molar-refractivity contribution in [1.82, 2.24) is 9.97 Å². The molecule has 1 saturated carbocycles. The van der Waals surface area contributed by atoms with Gasteiger partial charge in [-0.15, -0.1) is 0 Å². The van der Waals surface area contributed by atoms with Crippen molar-refractivity contribution in [1.29, 1.82) is 0 Å². The van der Waals surface area contributed by atoms with Crippen molar-refractivity contribution in [3.63, 3.8) is 0 Å². The Bertz CT molecular complexity index is 363. The summed E-state index contributed by atoms with van der Waals surface area (Å²) in [5, 5.41) is 0. The van der Waals surface area contributed by atoms with Crippen LogP contribution in [0.1, 0.15) is 24.5 Å². The van der Waals surface area contributed by atoms with E-state index in [1.54, 1.807) is 6.07 Å². The molecule has 2 rings (SSSR count). The first-order valence-corrected chi connectivity index (χ1v) is 4.81. The second kappa shape index (κ2) is 4.25. The van der Waals surface area contributed by atoms with Gasteiger partial charge in [0.25, 0.3) is 0 Å². The molecule has 15 heavy (non-hydrogen) atoms. The van der Waals surface area contributed by atoms with Crippen molar-refractivity contribution >= 4 is 5.97 Å². The average molecular weight is 208 g/mol. The van der Waals surface area contributed by atoms with E-state index in [9.17, 15) is 4.79 Å². The Morgan fingerprint density at radius 1 is 1.53 bits per heavy atom. The number of carbonyl (C=O) groups is 1. The standard InChI is InChI=1S/C10H12N2O3/c1-14-10(13)5-15-9-4-8(7-2-3-7)11-6-12-9/h4,6-7H,2-3,5H2,1H3. The summed E-state index contributed by atoms with van der Waals surface area (Å²) in [5.41, 5.74) is 0.991. The van der Waals surface area contributed by atoms with Crippen LogP contribution >= 0.6 is 0 Å². The van der Waals surface area contributed by atoms with Crippen molar-refractivity contribution in [2.24, 2.45) is 0 Å². The summed E-state index contributed by atoms with van der Waals surface area (Å²) in [6.45, 7) is -0.113. The average Bonchev–Trinajstić information content (AvgIpc) is 3.10. The molecule has 0 unspecified atom stereocenters. The Hall–Kier alpha value is -1.65. The van der Waals surface area contributed by atoms with E-state index in [1.165, 1.54) is 26.3 Å². The number of aromatic nitrogens is 2. The minimum Gasteiger partial charge on any atom is -0.466 e. The van der Waals surface area contributed by atoms with Crippen molar-refractivity contribution in [3.8, 4) is 5.88 Å². The lowest BCUT2D eigenvalue weighted by molar-refractivity contribution is -0.143. The van der Waals surface area contributed by atoms with E-state index in [0.717, 1.165) is 5.69 Å². The van der Waals surface area contributed by atoms with Gasteiger partial charge >= 0.3 is 5.97 Å². The maximum atomic E-state index is 10.8. The third kappa shape index (κ3) is 2.65. The molecular formula is C10H12N2O3. The fraction of sp³-hybridized carbons (Fsp3) is 0.500. The SMILES string of the molecule is COC(=O)COc1cc(C2CC2)ncn1. The molecule has 1 aromatic rings. The highest BCUT2D eigenvalue weighted by atomic mass is 16.6. The van der Waals surface area contributed by atoms with Gasteiger partial charge in [0.2, 0.25) is 5.88 Å². The molecule has 0 N–H and O–H groups in total. The molecule has 80 valence electrons. The molecule has 1 aromatic heterocycles. The highest BCUT2D eigenvalue weighted by Crippen LogP contribution is 2.39. The number of esters is 1. The summed E-state index contributed by atoms with van der Waals surface area (Å²) in [7, 11) is 1.32. The maximum absolute atomic E-state index is 10.8. The number of carbonyl (C=O) groups excluding carboxylic acids is 1. The second-order valence-electron chi connectivity index (χ2n) is 3.42. The lowest BCUT2D eigenvalue weighted by Gasteiger charge is -2.04. The summed E-state index contributed by atoms with van der Waals surface area (Å²) >= 11 is 0. The summed E-state index contributed by atoms with van der Waals surface area (Å²) in [5.74, 6) is 0.562. The Kier molecular flexibility index (Phi) is 2.80. The van der Waals surface area contributed by atoms with Crippen LogP contribution in [0, 0.1) is 0 Å². The molecule has 1 fully saturated rings. The van der Waals surface area contributed by atoms with Crippen molar-refractivity contribution in [2.45, 2.75) is 18.8 Å². The molecule has 1 aliphatic rings. The van der Waals surface area contributed by atoms with Gasteiger partial charge in [-0.2, -0.15) is 0 Å². The van der Waals surface area contributed by atoms with E-state index in [1.807, 2.05) is 0 Å². The number of nitrogens with zero attached hydrogens (tertiary/aromatic N) is 2. The number of ether oxygens (including phenoxy) is 2. The van der Waals surface area contributed by atoms with Gasteiger partial charge in [0.1, 0.15) is 6.33 Å². The summed E-state index contributed by atoms with van der Waals surface area (Å²) in [6.07, 6.45) is 3.81. The van der Waals surface area contributed by atoms with Crippen LogP contribution in [0.25, 0.3) is 0 Å². The van der Waals surface area contributed by atoms with Gasteiger partial charge in [0.15, 0.2) is 6.61 Å². The van der Waals surface area contributed by atoms with Gasteiger partial charge in [-0.1, -0.05) is 0 Å². The molecule has 0 saturated heterocycles. The Morgan fingerprint density at radius 3 is 3.00 bits per heavy atom. The third-order valence-corrected chi connectivity index (χ3v) is 2.22. The minimum absolute atomic E-state index is 0.113. The van der Waals surface area contributed by atoms with E-state index in [0.29, 0.717) is 11.8 Å². The fourth-order valence-corrected chi connectivity index (χ4v) is 1.23. The molecule has 1 aliphatic carbocycles. The molecule has 5 nitrogen and oxygen atoms in total. The fourth-order valence-electron chi connectivity index (χ4n) is 1.23. The number of methoxy groups -OCH3 is 1. The van der Waals surface area contributed by atoms with E-state index in [4.69, 9.17) is 4.74 Å². The predicted octanol–water partition coefficient (Wildman–Crippen LogP) is 0.906. The lowest BCUT2D eigenvalue weighted by Crippen LogP contribution is -2.13. The van der Waals surface area contributed by atoms with Crippen LogP contribution < -0.4 is 4.74 Å². The molecule has 5 heteroatoms. The first-order valence-electron chi connectivity index (χ1n) is 4.81. The predicted molar refractivity (Wildman–Crippen MR) is 51.5 cm³/mol. The normalized spacial score (nSPS) is 14.7. The van der Waals surface area contributed by atoms with Crippen molar-refractivity contribution in [2.75, 3.05) is 13.7 Å². The summed E-state index contributed by atoms with van der Waals surface area (Å²) in [6, 6.07) is 1.78. The van der Waals surface area contributed by atoms with E-state index in [2.05, 4.69) is 14.7 Å². The van der Waals surface area contributed by atoms with Crippen LogP contribution in [0.15, 0.2) is 12.4 Å². The minimum atomic E-state index is -0.415. The van der Waals surface area contributed by atoms with Crippen molar-refractivity contribution < 1.29 is 14.3 Å². The zero-order valence-electron chi connectivity index (χ0n) is 8.47. The van der Waals surface area contributed by atoms with Crippen LogP contribution in [-0.4, -0.2) is 29.7 Å². The van der Waals surface area contributed by atoms with Crippen LogP contribution in [-0.2, 0) is 9.53 Å². The molecular weight excluding hydrogens is 196 g/mol. The lowest BCUT2D eigenvalue weighted by atomic mass is 10.3. The molecule has 1 heterocycles. The molecule has 0 amide bonds. The largest absolute Gasteiger partial charge is 0.466 e. The van der Waals surface area contributed by atoms with Gasteiger partial charge < -0.3 is 9.47 Å². The summed E-state index contributed by atoms with van der Waals surface area (Å²) in [4.78, 5) is 18.9. The van der Waals surface area contributed by atoms with Gasteiger partial charge in [0, 0.05) is 12.0 Å². The van der Waals surface area contributed by atoms with E-state index < -0.39 is 5.97 Å². The third-order valence-electron chi connectivity index (χ3n) is 2.22. The first-order chi connectivity index (χ1) is 7.29. The molecule has 0 atom stereocenters. The first kappa shape index (κ1) is 9.89. The smallest absolute Gasteiger partial charge is 0.343 e. The van der Waals surface area contributed by atoms with Crippen LogP contribution in [0.2, 0.25) is 0 Å². The zero-order valence-corrected chi connectivity index (χ0v) is 8.47. The number of hydrogen-bond acceptors (Lipinski definition) is 5. The molecule has 0 aliphatic heterocycles. The van der Waals surface area contributed by atoms with E-state index >= 15 is 0 Å². The maximum Gasteiger partial charge on any atom is 0.343 e. The van der Waals surface area contributed by atoms with Gasteiger partial charge in [-0.3, -0.25) is 0 Å². The quantitative estimate of drug-likeness (QED) is 0.688. The van der Waals surface area contributed by atoms with Crippen LogP contribution in [0.4, 0.5) is 0 Å². The molecule has 0 bridgehead atoms. The number of hydrogen-bond donors (Lipinski definition) is 0. The molecule has 0 spiro atoms. The van der Waals surface area contributed by atoms with Crippen molar-refractivity contribution in [3.05, 3.63) is 18.1 Å². The van der Waals surface area contributed by atoms with Gasteiger partial charge in [-0.25, -0.2) is 14.8 Å². The van der Waals surface area contributed by atoms with E-state index in [-0.39, 0.29) is 6.61 Å². The van der Waals surface area contributed by atoms with Crippen LogP contribution in [0.3, 0.4) is 0 Å². The van der Waals surface area contributed by atoms with Gasteiger partial charge in [0.05, 0.1) is 12.8 Å². The highest BCUT2D eigenvalue weighted by Gasteiger charge is 2.25. The van der Waals surface area contributed by atoms with Gasteiger partial charge in [-0.05, 0) is 12.8 Å². The Labute approximate surface area is 87.4 Å². The van der Waals surface area contributed by atoms with Crippen LogP contribution in [0.5, 0.6) is 5.88 Å². The molecule has 0 aromatic carbocycles. The molecule has 0 radical (unpaired) electrons. The zero-order chi connectivity index (χ0) is 10.7.